The first-order valence-corrected chi connectivity index (χ1v) is 10.0. The highest BCUT2D eigenvalue weighted by Crippen LogP contribution is 2.30. The Morgan fingerprint density at radius 2 is 1.80 bits per heavy atom. The second kappa shape index (κ2) is 10.7. The first-order valence-electron chi connectivity index (χ1n) is 9.29. The third-order valence-corrected chi connectivity index (χ3v) is 4.67. The Balaban J connectivity index is 1.67. The highest BCUT2D eigenvalue weighted by molar-refractivity contribution is 6.35. The topological polar surface area (TPSA) is 59.9 Å². The van der Waals surface area contributed by atoms with Gasteiger partial charge in [-0.1, -0.05) is 47.5 Å². The van der Waals surface area contributed by atoms with Gasteiger partial charge in [0.05, 0.1) is 12.8 Å². The average Bonchev–Trinajstić information content (AvgIpc) is 2.75. The highest BCUT2D eigenvalue weighted by atomic mass is 35.5. The van der Waals surface area contributed by atoms with Gasteiger partial charge >= 0.3 is 0 Å². The summed E-state index contributed by atoms with van der Waals surface area (Å²) < 4.78 is 11.6. The maximum absolute atomic E-state index is 12.0. The lowest BCUT2D eigenvalue weighted by molar-refractivity contribution is 0.0955. The molecule has 1 amide bonds. The van der Waals surface area contributed by atoms with Crippen LogP contribution in [0.25, 0.3) is 0 Å². The SMILES string of the molecule is CCOc1cc(/C=N/NC(=O)c2ccccc2)ccc1OCc1ccc(Cl)cc1Cl. The number of hydrogen-bond acceptors (Lipinski definition) is 4. The molecule has 0 heterocycles. The molecule has 0 saturated carbocycles. The van der Waals surface area contributed by atoms with Crippen LogP contribution in [-0.4, -0.2) is 18.7 Å². The van der Waals surface area contributed by atoms with Gasteiger partial charge in [0.25, 0.3) is 5.91 Å². The molecule has 154 valence electrons. The molecule has 3 aromatic carbocycles. The van der Waals surface area contributed by atoms with Gasteiger partial charge in [-0.3, -0.25) is 4.79 Å². The normalized spacial score (nSPS) is 10.8. The lowest BCUT2D eigenvalue weighted by Crippen LogP contribution is -2.17. The number of hydrogen-bond donors (Lipinski definition) is 1. The van der Waals surface area contributed by atoms with E-state index in [-0.39, 0.29) is 12.5 Å². The molecule has 0 spiro atoms. The zero-order chi connectivity index (χ0) is 21.3. The zero-order valence-electron chi connectivity index (χ0n) is 16.3. The summed E-state index contributed by atoms with van der Waals surface area (Å²) in [6.07, 6.45) is 1.54. The number of halogens is 2. The van der Waals surface area contributed by atoms with Crippen molar-refractivity contribution in [1.29, 1.82) is 0 Å². The quantitative estimate of drug-likeness (QED) is 0.357. The number of rotatable bonds is 8. The molecule has 0 aliphatic heterocycles. The van der Waals surface area contributed by atoms with Crippen LogP contribution >= 0.6 is 23.2 Å². The Morgan fingerprint density at radius 1 is 1.00 bits per heavy atom. The van der Waals surface area contributed by atoms with E-state index in [0.29, 0.717) is 33.7 Å². The van der Waals surface area contributed by atoms with E-state index in [9.17, 15) is 4.79 Å². The molecule has 0 aliphatic rings. The van der Waals surface area contributed by atoms with Crippen molar-refractivity contribution in [2.75, 3.05) is 6.61 Å². The van der Waals surface area contributed by atoms with Gasteiger partial charge in [0.2, 0.25) is 0 Å². The van der Waals surface area contributed by atoms with Crippen LogP contribution < -0.4 is 14.9 Å². The monoisotopic (exact) mass is 442 g/mol. The molecule has 1 N–H and O–H groups in total. The first-order chi connectivity index (χ1) is 14.6. The predicted octanol–water partition coefficient (Wildman–Crippen LogP) is 5.74. The van der Waals surface area contributed by atoms with Crippen molar-refractivity contribution in [1.82, 2.24) is 5.43 Å². The van der Waals surface area contributed by atoms with Crippen LogP contribution in [0.1, 0.15) is 28.4 Å². The molecule has 0 aliphatic carbocycles. The Labute approximate surface area is 185 Å². The highest BCUT2D eigenvalue weighted by Gasteiger charge is 2.09. The summed E-state index contributed by atoms with van der Waals surface area (Å²) in [4.78, 5) is 12.0. The maximum Gasteiger partial charge on any atom is 0.271 e. The number of carbonyl (C=O) groups is 1. The standard InChI is InChI=1S/C23H20Cl2N2O3/c1-2-29-22-12-16(14-26-27-23(28)17-6-4-3-5-7-17)8-11-21(22)30-15-18-9-10-19(24)13-20(18)25/h3-14H,2,15H2,1H3,(H,27,28)/b26-14+. The fourth-order valence-electron chi connectivity index (χ4n) is 2.61. The van der Waals surface area contributed by atoms with E-state index in [2.05, 4.69) is 10.5 Å². The minimum absolute atomic E-state index is 0.274. The summed E-state index contributed by atoms with van der Waals surface area (Å²) in [6.45, 7) is 2.64. The second-order valence-electron chi connectivity index (χ2n) is 6.23. The molecule has 3 aromatic rings. The molecule has 0 saturated heterocycles. The van der Waals surface area contributed by atoms with Gasteiger partial charge < -0.3 is 9.47 Å². The number of hydrazone groups is 1. The van der Waals surface area contributed by atoms with E-state index < -0.39 is 0 Å². The molecule has 0 radical (unpaired) electrons. The van der Waals surface area contributed by atoms with Crippen LogP contribution in [-0.2, 0) is 6.61 Å². The average molecular weight is 443 g/mol. The Hall–Kier alpha value is -3.02. The van der Waals surface area contributed by atoms with Gasteiger partial charge in [0, 0.05) is 21.2 Å². The minimum Gasteiger partial charge on any atom is -0.490 e. The van der Waals surface area contributed by atoms with E-state index in [1.165, 1.54) is 0 Å². The molecule has 0 aromatic heterocycles. The van der Waals surface area contributed by atoms with Crippen LogP contribution in [0.3, 0.4) is 0 Å². The van der Waals surface area contributed by atoms with Crippen molar-refractivity contribution < 1.29 is 14.3 Å². The van der Waals surface area contributed by atoms with E-state index >= 15 is 0 Å². The van der Waals surface area contributed by atoms with Crippen molar-refractivity contribution in [3.05, 3.63) is 93.5 Å². The third kappa shape index (κ3) is 5.99. The molecule has 3 rings (SSSR count). The number of benzene rings is 3. The van der Waals surface area contributed by atoms with Gasteiger partial charge in [-0.2, -0.15) is 5.10 Å². The summed E-state index contributed by atoms with van der Waals surface area (Å²) in [5.74, 6) is 0.867. The van der Waals surface area contributed by atoms with E-state index in [4.69, 9.17) is 32.7 Å². The van der Waals surface area contributed by atoms with Crippen LogP contribution in [0.5, 0.6) is 11.5 Å². The lowest BCUT2D eigenvalue weighted by atomic mass is 10.2. The summed E-state index contributed by atoms with van der Waals surface area (Å²) in [5.41, 5.74) is 4.61. The summed E-state index contributed by atoms with van der Waals surface area (Å²) in [7, 11) is 0. The molecular formula is C23H20Cl2N2O3. The van der Waals surface area contributed by atoms with Crippen molar-refractivity contribution in [3.8, 4) is 11.5 Å². The minimum atomic E-state index is -0.281. The van der Waals surface area contributed by atoms with E-state index in [1.807, 2.05) is 25.1 Å². The summed E-state index contributed by atoms with van der Waals surface area (Å²) in [6, 6.07) is 19.5. The second-order valence-corrected chi connectivity index (χ2v) is 7.07. The van der Waals surface area contributed by atoms with E-state index in [0.717, 1.165) is 11.1 Å². The fourth-order valence-corrected chi connectivity index (χ4v) is 3.07. The number of amides is 1. The molecule has 0 fully saturated rings. The van der Waals surface area contributed by atoms with E-state index in [1.54, 1.807) is 54.7 Å². The van der Waals surface area contributed by atoms with Gasteiger partial charge in [0.1, 0.15) is 6.61 Å². The van der Waals surface area contributed by atoms with Crippen molar-refractivity contribution >= 4 is 35.3 Å². The van der Waals surface area contributed by atoms with Crippen LogP contribution in [0.15, 0.2) is 71.8 Å². The Bertz CT molecular complexity index is 1040. The fraction of sp³-hybridized carbons (Fsp3) is 0.130. The number of nitrogens with zero attached hydrogens (tertiary/aromatic N) is 1. The van der Waals surface area contributed by atoms with Gasteiger partial charge in [-0.05, 0) is 55.0 Å². The van der Waals surface area contributed by atoms with Crippen molar-refractivity contribution in [3.63, 3.8) is 0 Å². The van der Waals surface area contributed by atoms with Crippen molar-refractivity contribution in [2.45, 2.75) is 13.5 Å². The predicted molar refractivity (Wildman–Crippen MR) is 120 cm³/mol. The Morgan fingerprint density at radius 3 is 2.53 bits per heavy atom. The molecule has 0 unspecified atom stereocenters. The zero-order valence-corrected chi connectivity index (χ0v) is 17.8. The summed E-state index contributed by atoms with van der Waals surface area (Å²) in [5, 5.41) is 5.12. The molecular weight excluding hydrogens is 423 g/mol. The molecule has 0 bridgehead atoms. The largest absolute Gasteiger partial charge is 0.490 e. The molecule has 30 heavy (non-hydrogen) atoms. The van der Waals surface area contributed by atoms with Crippen LogP contribution in [0.4, 0.5) is 0 Å². The van der Waals surface area contributed by atoms with Gasteiger partial charge in [-0.25, -0.2) is 5.43 Å². The lowest BCUT2D eigenvalue weighted by Gasteiger charge is -2.13. The Kier molecular flexibility index (Phi) is 7.71. The van der Waals surface area contributed by atoms with Crippen LogP contribution in [0.2, 0.25) is 10.0 Å². The maximum atomic E-state index is 12.0. The first kappa shape index (κ1) is 21.7. The van der Waals surface area contributed by atoms with Crippen LogP contribution in [0, 0.1) is 0 Å². The van der Waals surface area contributed by atoms with Crippen molar-refractivity contribution in [2.24, 2.45) is 5.10 Å². The number of ether oxygens (including phenoxy) is 2. The summed E-state index contributed by atoms with van der Waals surface area (Å²) >= 11 is 12.1. The van der Waals surface area contributed by atoms with Gasteiger partial charge in [-0.15, -0.1) is 0 Å². The smallest absolute Gasteiger partial charge is 0.271 e. The molecule has 0 atom stereocenters. The number of nitrogens with one attached hydrogen (secondary N) is 1. The molecule has 5 nitrogen and oxygen atoms in total. The molecule has 7 heteroatoms. The third-order valence-electron chi connectivity index (χ3n) is 4.08. The van der Waals surface area contributed by atoms with Gasteiger partial charge in [0.15, 0.2) is 11.5 Å². The number of carbonyl (C=O) groups excluding carboxylic acids is 1.